The molecule has 30 heavy (non-hydrogen) atoms. The van der Waals surface area contributed by atoms with Gasteiger partial charge >= 0.3 is 0 Å². The molecular weight excluding hydrogens is 400 g/mol. The number of anilines is 2. The Bertz CT molecular complexity index is 1270. The molecule has 0 unspecified atom stereocenters. The predicted molar refractivity (Wildman–Crippen MR) is 120 cm³/mol. The van der Waals surface area contributed by atoms with Gasteiger partial charge in [-0.25, -0.2) is 0 Å². The summed E-state index contributed by atoms with van der Waals surface area (Å²) in [4.78, 5) is 12.8. The van der Waals surface area contributed by atoms with Crippen molar-refractivity contribution in [2.45, 2.75) is 0 Å². The van der Waals surface area contributed by atoms with E-state index in [1.807, 2.05) is 18.2 Å². The average molecular weight is 417 g/mol. The number of benzene rings is 4. The number of aromatic hydroxyl groups is 1. The first-order valence-electron chi connectivity index (χ1n) is 9.11. The SMILES string of the molecule is Nc1ccc(NC(=O)c2cc3ccccc3c(N=Nc3ccccc3Cl)c2O)cc1. The zero-order valence-electron chi connectivity index (χ0n) is 15.7. The Balaban J connectivity index is 1.78. The highest BCUT2D eigenvalue weighted by Crippen LogP contribution is 2.40. The molecule has 4 aromatic carbocycles. The standard InChI is InChI=1S/C23H17ClN4O2/c24-19-7-3-4-8-20(19)27-28-21-17-6-2-1-5-14(17)13-18(22(21)29)23(30)26-16-11-9-15(25)10-12-16/h1-13,29H,25H2,(H,26,30). The van der Waals surface area contributed by atoms with Gasteiger partial charge in [0.05, 0.1) is 10.6 Å². The molecule has 0 saturated carbocycles. The molecular formula is C23H17ClN4O2. The minimum absolute atomic E-state index is 0.0821. The summed E-state index contributed by atoms with van der Waals surface area (Å²) >= 11 is 6.14. The Hall–Kier alpha value is -3.90. The number of carbonyl (C=O) groups excluding carboxylic acids is 1. The van der Waals surface area contributed by atoms with Gasteiger partial charge in [0.1, 0.15) is 11.4 Å². The molecule has 0 fully saturated rings. The number of azo groups is 1. The molecule has 0 bridgehead atoms. The lowest BCUT2D eigenvalue weighted by Crippen LogP contribution is -2.12. The van der Waals surface area contributed by atoms with Crippen LogP contribution in [0.5, 0.6) is 5.75 Å². The van der Waals surface area contributed by atoms with Crippen molar-refractivity contribution in [2.75, 3.05) is 11.1 Å². The second kappa shape index (κ2) is 8.23. The van der Waals surface area contributed by atoms with Crippen molar-refractivity contribution in [1.29, 1.82) is 0 Å². The Kier molecular flexibility index (Phi) is 5.32. The van der Waals surface area contributed by atoms with Crippen LogP contribution in [0.4, 0.5) is 22.7 Å². The quantitative estimate of drug-likeness (QED) is 0.263. The summed E-state index contributed by atoms with van der Waals surface area (Å²) < 4.78 is 0. The van der Waals surface area contributed by atoms with E-state index in [1.54, 1.807) is 60.7 Å². The summed E-state index contributed by atoms with van der Waals surface area (Å²) in [5.41, 5.74) is 7.56. The van der Waals surface area contributed by atoms with Gasteiger partial charge < -0.3 is 16.2 Å². The monoisotopic (exact) mass is 416 g/mol. The van der Waals surface area contributed by atoms with Crippen LogP contribution in [0.15, 0.2) is 89.1 Å². The Labute approximate surface area is 177 Å². The van der Waals surface area contributed by atoms with E-state index < -0.39 is 5.91 Å². The highest BCUT2D eigenvalue weighted by atomic mass is 35.5. The first-order valence-corrected chi connectivity index (χ1v) is 9.48. The van der Waals surface area contributed by atoms with Crippen LogP contribution in [0, 0.1) is 0 Å². The van der Waals surface area contributed by atoms with Crippen LogP contribution in [0.25, 0.3) is 10.8 Å². The number of carbonyl (C=O) groups is 1. The summed E-state index contributed by atoms with van der Waals surface area (Å²) in [5, 5.41) is 23.8. The van der Waals surface area contributed by atoms with Crippen LogP contribution in [0.1, 0.15) is 10.4 Å². The van der Waals surface area contributed by atoms with Gasteiger partial charge in [-0.1, -0.05) is 48.0 Å². The highest BCUT2D eigenvalue weighted by molar-refractivity contribution is 6.32. The van der Waals surface area contributed by atoms with E-state index in [0.29, 0.717) is 27.5 Å². The van der Waals surface area contributed by atoms with Gasteiger partial charge in [0, 0.05) is 16.8 Å². The van der Waals surface area contributed by atoms with E-state index in [2.05, 4.69) is 15.5 Å². The number of amides is 1. The normalized spacial score (nSPS) is 11.1. The third-order valence-electron chi connectivity index (χ3n) is 4.52. The molecule has 4 aromatic rings. The van der Waals surface area contributed by atoms with Gasteiger partial charge in [0.15, 0.2) is 5.75 Å². The minimum atomic E-state index is -0.475. The van der Waals surface area contributed by atoms with Crippen molar-refractivity contribution in [2.24, 2.45) is 10.2 Å². The molecule has 0 radical (unpaired) electrons. The fraction of sp³-hybridized carbons (Fsp3) is 0. The Morgan fingerprint density at radius 3 is 2.40 bits per heavy atom. The van der Waals surface area contributed by atoms with E-state index in [9.17, 15) is 9.90 Å². The number of nitrogens with two attached hydrogens (primary N) is 1. The van der Waals surface area contributed by atoms with E-state index in [1.165, 1.54) is 0 Å². The van der Waals surface area contributed by atoms with Crippen LogP contribution in [-0.2, 0) is 0 Å². The molecule has 6 nitrogen and oxygen atoms in total. The number of nitrogen functional groups attached to an aromatic ring is 1. The van der Waals surface area contributed by atoms with Gasteiger partial charge in [0.2, 0.25) is 0 Å². The highest BCUT2D eigenvalue weighted by Gasteiger charge is 2.18. The number of phenols is 1. The fourth-order valence-electron chi connectivity index (χ4n) is 2.99. The number of hydrogen-bond donors (Lipinski definition) is 3. The zero-order chi connectivity index (χ0) is 21.1. The van der Waals surface area contributed by atoms with Crippen LogP contribution in [-0.4, -0.2) is 11.0 Å². The minimum Gasteiger partial charge on any atom is -0.505 e. The molecule has 1 amide bonds. The average Bonchev–Trinajstić information content (AvgIpc) is 2.75. The third kappa shape index (κ3) is 3.94. The topological polar surface area (TPSA) is 100 Å². The van der Waals surface area contributed by atoms with Gasteiger partial charge in [-0.2, -0.15) is 0 Å². The molecule has 7 heteroatoms. The second-order valence-electron chi connectivity index (χ2n) is 6.57. The van der Waals surface area contributed by atoms with Gasteiger partial charge in [-0.15, -0.1) is 10.2 Å². The smallest absolute Gasteiger partial charge is 0.259 e. The molecule has 0 heterocycles. The summed E-state index contributed by atoms with van der Waals surface area (Å²) in [5.74, 6) is -0.741. The molecule has 0 atom stereocenters. The molecule has 0 aliphatic rings. The number of halogens is 1. The second-order valence-corrected chi connectivity index (χ2v) is 6.98. The Morgan fingerprint density at radius 1 is 0.933 bits per heavy atom. The molecule has 4 N–H and O–H groups in total. The summed E-state index contributed by atoms with van der Waals surface area (Å²) in [6.07, 6.45) is 0. The maximum Gasteiger partial charge on any atom is 0.259 e. The van der Waals surface area contributed by atoms with Crippen LogP contribution in [0.2, 0.25) is 5.02 Å². The predicted octanol–water partition coefficient (Wildman–Crippen LogP) is 6.45. The fourth-order valence-corrected chi connectivity index (χ4v) is 3.17. The Morgan fingerprint density at radius 2 is 1.63 bits per heavy atom. The van der Waals surface area contributed by atoms with E-state index in [0.717, 1.165) is 5.39 Å². The number of nitrogens with one attached hydrogen (secondary N) is 1. The molecule has 148 valence electrons. The summed E-state index contributed by atoms with van der Waals surface area (Å²) in [6, 6.07) is 22.6. The van der Waals surface area contributed by atoms with Crippen molar-refractivity contribution in [3.05, 3.63) is 89.4 Å². The van der Waals surface area contributed by atoms with Crippen LogP contribution in [0.3, 0.4) is 0 Å². The number of rotatable bonds is 4. The zero-order valence-corrected chi connectivity index (χ0v) is 16.5. The van der Waals surface area contributed by atoms with Crippen molar-refractivity contribution < 1.29 is 9.90 Å². The van der Waals surface area contributed by atoms with Crippen molar-refractivity contribution >= 4 is 51.0 Å². The molecule has 0 aliphatic heterocycles. The molecule has 0 spiro atoms. The van der Waals surface area contributed by atoms with Crippen molar-refractivity contribution in [3.8, 4) is 5.75 Å². The van der Waals surface area contributed by atoms with Crippen molar-refractivity contribution in [3.63, 3.8) is 0 Å². The lowest BCUT2D eigenvalue weighted by molar-refractivity contribution is 0.102. The summed E-state index contributed by atoms with van der Waals surface area (Å²) in [7, 11) is 0. The first kappa shape index (κ1) is 19.4. The number of fused-ring (bicyclic) bond motifs is 1. The van der Waals surface area contributed by atoms with Gasteiger partial charge in [-0.3, -0.25) is 4.79 Å². The molecule has 0 aromatic heterocycles. The van der Waals surface area contributed by atoms with E-state index in [-0.39, 0.29) is 17.0 Å². The summed E-state index contributed by atoms with van der Waals surface area (Å²) in [6.45, 7) is 0. The van der Waals surface area contributed by atoms with Crippen LogP contribution < -0.4 is 11.1 Å². The van der Waals surface area contributed by atoms with Gasteiger partial charge in [-0.05, 0) is 47.9 Å². The number of nitrogens with zero attached hydrogens (tertiary/aromatic N) is 2. The lowest BCUT2D eigenvalue weighted by atomic mass is 10.0. The van der Waals surface area contributed by atoms with Crippen LogP contribution >= 0.6 is 11.6 Å². The maximum absolute atomic E-state index is 12.8. The van der Waals surface area contributed by atoms with E-state index in [4.69, 9.17) is 17.3 Å². The number of phenolic OH excluding ortho intramolecular Hbond substituents is 1. The maximum atomic E-state index is 12.8. The first-order chi connectivity index (χ1) is 14.5. The largest absolute Gasteiger partial charge is 0.505 e. The molecule has 4 rings (SSSR count). The number of hydrogen-bond acceptors (Lipinski definition) is 5. The lowest BCUT2D eigenvalue weighted by Gasteiger charge is -2.11. The van der Waals surface area contributed by atoms with E-state index >= 15 is 0 Å². The van der Waals surface area contributed by atoms with Crippen molar-refractivity contribution in [1.82, 2.24) is 0 Å². The third-order valence-corrected chi connectivity index (χ3v) is 4.84. The van der Waals surface area contributed by atoms with Gasteiger partial charge in [0.25, 0.3) is 5.91 Å². The molecule has 0 aliphatic carbocycles. The molecule has 0 saturated heterocycles.